The third-order valence-corrected chi connectivity index (χ3v) is 12.6. The summed E-state index contributed by atoms with van der Waals surface area (Å²) in [5, 5.41) is 7.00. The summed E-state index contributed by atoms with van der Waals surface area (Å²) in [6, 6.07) is 77.3. The van der Waals surface area contributed by atoms with Crippen LogP contribution < -0.4 is 0 Å². The highest BCUT2D eigenvalue weighted by molar-refractivity contribution is 6.18. The molecule has 0 amide bonds. The number of aromatic nitrogens is 4. The maximum atomic E-state index is 6.37. The van der Waals surface area contributed by atoms with Gasteiger partial charge in [0.15, 0.2) is 0 Å². The van der Waals surface area contributed by atoms with Crippen molar-refractivity contribution >= 4 is 65.6 Å². The van der Waals surface area contributed by atoms with Crippen LogP contribution in [0, 0.1) is 0 Å². The molecule has 0 aliphatic heterocycles. The Bertz CT molecular complexity index is 3820. The molecule has 63 heavy (non-hydrogen) atoms. The van der Waals surface area contributed by atoms with E-state index in [-0.39, 0.29) is 0 Å². The zero-order valence-corrected chi connectivity index (χ0v) is 34.0. The average molecular weight is 805 g/mol. The van der Waals surface area contributed by atoms with E-state index >= 15 is 0 Å². The van der Waals surface area contributed by atoms with E-state index in [1.807, 2.05) is 24.3 Å². The number of fused-ring (bicyclic) bond motifs is 9. The second kappa shape index (κ2) is 14.0. The van der Waals surface area contributed by atoms with Gasteiger partial charge in [-0.05, 0) is 76.9 Å². The topological polar surface area (TPSA) is 48.8 Å². The standard InChI is InChI=1S/C58H36N4O/c1-4-14-39(15-5-1)50-35-51(40-16-6-2-7-17-40)60-58(59-50)62-52-22-12-10-20-44(52)47-32-41(29-31-53(47)62)37-24-26-38(27-25-37)42-28-30-45-48-34-49-46-21-11-13-23-56(46)63-57(49)36-55(48)61(54(45)33-42)43-18-8-3-9-19-43/h1-36H. The Morgan fingerprint density at radius 2 is 0.810 bits per heavy atom. The Hall–Kier alpha value is -8.54. The third kappa shape index (κ3) is 5.71. The van der Waals surface area contributed by atoms with E-state index in [4.69, 9.17) is 14.4 Å². The van der Waals surface area contributed by atoms with Gasteiger partial charge in [-0.2, -0.15) is 0 Å². The van der Waals surface area contributed by atoms with Gasteiger partial charge in [0.05, 0.1) is 33.5 Å². The van der Waals surface area contributed by atoms with Gasteiger partial charge in [0.2, 0.25) is 5.95 Å². The maximum Gasteiger partial charge on any atom is 0.235 e. The Kier molecular flexibility index (Phi) is 7.84. The molecular weight excluding hydrogens is 769 g/mol. The van der Waals surface area contributed by atoms with Gasteiger partial charge in [-0.25, -0.2) is 9.97 Å². The van der Waals surface area contributed by atoms with Gasteiger partial charge in [0.1, 0.15) is 11.2 Å². The molecule has 4 aromatic heterocycles. The van der Waals surface area contributed by atoms with E-state index in [1.54, 1.807) is 0 Å². The minimum absolute atomic E-state index is 0.643. The molecule has 0 radical (unpaired) electrons. The third-order valence-electron chi connectivity index (χ3n) is 12.6. The zero-order chi connectivity index (χ0) is 41.4. The quantitative estimate of drug-likeness (QED) is 0.168. The molecule has 13 aromatic rings. The molecule has 0 fully saturated rings. The lowest BCUT2D eigenvalue weighted by Gasteiger charge is -2.12. The molecule has 0 bridgehead atoms. The minimum atomic E-state index is 0.643. The Morgan fingerprint density at radius 1 is 0.286 bits per heavy atom. The lowest BCUT2D eigenvalue weighted by molar-refractivity contribution is 0.669. The first kappa shape index (κ1) is 35.2. The zero-order valence-electron chi connectivity index (χ0n) is 34.0. The van der Waals surface area contributed by atoms with Crippen molar-refractivity contribution in [1.29, 1.82) is 0 Å². The molecule has 0 saturated heterocycles. The molecule has 13 rings (SSSR count). The Labute approximate surface area is 362 Å². The largest absolute Gasteiger partial charge is 0.456 e. The molecule has 0 spiro atoms. The van der Waals surface area contributed by atoms with E-state index in [0.29, 0.717) is 5.95 Å². The molecule has 5 nitrogen and oxygen atoms in total. The van der Waals surface area contributed by atoms with Crippen LogP contribution in [-0.4, -0.2) is 19.1 Å². The first-order valence-electron chi connectivity index (χ1n) is 21.3. The number of furan rings is 1. The van der Waals surface area contributed by atoms with Gasteiger partial charge in [-0.1, -0.05) is 158 Å². The summed E-state index contributed by atoms with van der Waals surface area (Å²) in [7, 11) is 0. The fourth-order valence-electron chi connectivity index (χ4n) is 9.54. The summed E-state index contributed by atoms with van der Waals surface area (Å²) < 4.78 is 10.9. The molecule has 0 saturated carbocycles. The highest BCUT2D eigenvalue weighted by atomic mass is 16.3. The van der Waals surface area contributed by atoms with Crippen LogP contribution >= 0.6 is 0 Å². The highest BCUT2D eigenvalue weighted by Gasteiger charge is 2.19. The molecule has 0 aliphatic carbocycles. The van der Waals surface area contributed by atoms with Crippen molar-refractivity contribution in [3.05, 3.63) is 218 Å². The predicted molar refractivity (Wildman–Crippen MR) is 260 cm³/mol. The maximum absolute atomic E-state index is 6.37. The van der Waals surface area contributed by atoms with Gasteiger partial charge >= 0.3 is 0 Å². The molecule has 0 unspecified atom stereocenters. The summed E-state index contributed by atoms with van der Waals surface area (Å²) in [5.74, 6) is 0.643. The normalized spacial score (nSPS) is 11.8. The fraction of sp³-hybridized carbons (Fsp3) is 0. The lowest BCUT2D eigenvalue weighted by atomic mass is 9.98. The molecule has 0 aliphatic rings. The second-order valence-corrected chi connectivity index (χ2v) is 16.2. The van der Waals surface area contributed by atoms with Crippen molar-refractivity contribution < 1.29 is 4.42 Å². The Morgan fingerprint density at radius 3 is 1.52 bits per heavy atom. The number of para-hydroxylation sites is 3. The van der Waals surface area contributed by atoms with Crippen LogP contribution in [0.4, 0.5) is 0 Å². The first-order valence-corrected chi connectivity index (χ1v) is 21.3. The smallest absolute Gasteiger partial charge is 0.235 e. The molecule has 294 valence electrons. The van der Waals surface area contributed by atoms with Crippen molar-refractivity contribution in [1.82, 2.24) is 19.1 Å². The molecule has 5 heteroatoms. The van der Waals surface area contributed by atoms with Crippen LogP contribution in [0.5, 0.6) is 0 Å². The van der Waals surface area contributed by atoms with Crippen LogP contribution in [0.3, 0.4) is 0 Å². The number of hydrogen-bond donors (Lipinski definition) is 0. The number of benzene rings is 9. The van der Waals surface area contributed by atoms with E-state index in [0.717, 1.165) is 105 Å². The van der Waals surface area contributed by atoms with Crippen molar-refractivity contribution in [2.24, 2.45) is 0 Å². The number of rotatable bonds is 6. The number of hydrogen-bond acceptors (Lipinski definition) is 3. The van der Waals surface area contributed by atoms with Gasteiger partial charge in [-0.3, -0.25) is 4.57 Å². The summed E-state index contributed by atoms with van der Waals surface area (Å²) in [6.07, 6.45) is 0. The summed E-state index contributed by atoms with van der Waals surface area (Å²) >= 11 is 0. The monoisotopic (exact) mass is 804 g/mol. The molecular formula is C58H36N4O. The van der Waals surface area contributed by atoms with Crippen LogP contribution in [0.1, 0.15) is 0 Å². The van der Waals surface area contributed by atoms with E-state index in [2.05, 4.69) is 203 Å². The van der Waals surface area contributed by atoms with Crippen molar-refractivity contribution in [3.63, 3.8) is 0 Å². The molecule has 4 heterocycles. The predicted octanol–water partition coefficient (Wildman–Crippen LogP) is 15.2. The summed E-state index contributed by atoms with van der Waals surface area (Å²) in [6.45, 7) is 0. The Balaban J connectivity index is 0.911. The fourth-order valence-corrected chi connectivity index (χ4v) is 9.54. The van der Waals surface area contributed by atoms with E-state index in [1.165, 1.54) is 10.8 Å². The van der Waals surface area contributed by atoms with E-state index < -0.39 is 0 Å². The first-order chi connectivity index (χ1) is 31.2. The molecule has 0 atom stereocenters. The average Bonchev–Trinajstić information content (AvgIpc) is 4.00. The van der Waals surface area contributed by atoms with Crippen molar-refractivity contribution in [2.45, 2.75) is 0 Å². The van der Waals surface area contributed by atoms with Gasteiger partial charge in [0.25, 0.3) is 0 Å². The van der Waals surface area contributed by atoms with Crippen molar-refractivity contribution in [2.75, 3.05) is 0 Å². The molecule has 9 aromatic carbocycles. The van der Waals surface area contributed by atoms with Crippen molar-refractivity contribution in [3.8, 4) is 56.4 Å². The van der Waals surface area contributed by atoms with Gasteiger partial charge in [-0.15, -0.1) is 0 Å². The minimum Gasteiger partial charge on any atom is -0.456 e. The van der Waals surface area contributed by atoms with Crippen LogP contribution in [0.25, 0.3) is 122 Å². The molecule has 0 N–H and O–H groups in total. The van der Waals surface area contributed by atoms with Gasteiger partial charge < -0.3 is 8.98 Å². The number of nitrogens with zero attached hydrogens (tertiary/aromatic N) is 4. The second-order valence-electron chi connectivity index (χ2n) is 16.2. The SMILES string of the molecule is c1ccc(-c2cc(-c3ccccc3)nc(-n3c4ccccc4c4cc(-c5ccc(-c6ccc7c8cc9c(cc8n(-c8ccccc8)c7c6)oc6ccccc69)cc5)ccc43)n2)cc1. The van der Waals surface area contributed by atoms with E-state index in [9.17, 15) is 0 Å². The van der Waals surface area contributed by atoms with Crippen LogP contribution in [-0.2, 0) is 0 Å². The van der Waals surface area contributed by atoms with Crippen LogP contribution in [0.15, 0.2) is 223 Å². The lowest BCUT2D eigenvalue weighted by Crippen LogP contribution is -2.03. The summed E-state index contributed by atoms with van der Waals surface area (Å²) in [4.78, 5) is 10.4. The summed E-state index contributed by atoms with van der Waals surface area (Å²) in [5.41, 5.74) is 15.8. The van der Waals surface area contributed by atoms with Crippen LogP contribution in [0.2, 0.25) is 0 Å². The van der Waals surface area contributed by atoms with Gasteiger partial charge in [0, 0.05) is 55.2 Å². The highest BCUT2D eigenvalue weighted by Crippen LogP contribution is 2.41.